The summed E-state index contributed by atoms with van der Waals surface area (Å²) in [6.07, 6.45) is 0. The van der Waals surface area contributed by atoms with Crippen LogP contribution >= 0.6 is 22.9 Å². The molecule has 0 spiro atoms. The minimum absolute atomic E-state index is 0.221. The van der Waals surface area contributed by atoms with Gasteiger partial charge in [-0.15, -0.1) is 11.3 Å². The highest BCUT2D eigenvalue weighted by atomic mass is 35.5. The molecule has 3 aromatic rings. The maximum absolute atomic E-state index is 6.28. The lowest BCUT2D eigenvalue weighted by Gasteiger charge is -2.20. The molecule has 0 aliphatic carbocycles. The Balaban J connectivity index is 1.79. The zero-order chi connectivity index (χ0) is 14.8. The van der Waals surface area contributed by atoms with Gasteiger partial charge in [0.05, 0.1) is 0 Å². The Bertz CT molecular complexity index is 717. The Morgan fingerprint density at radius 1 is 0.952 bits per heavy atom. The summed E-state index contributed by atoms with van der Waals surface area (Å²) in [7, 11) is 0. The zero-order valence-electron chi connectivity index (χ0n) is 12.1. The number of fused-ring (bicyclic) bond motifs is 1. The number of thiophene rings is 1. The highest BCUT2D eigenvalue weighted by Crippen LogP contribution is 2.31. The summed E-state index contributed by atoms with van der Waals surface area (Å²) in [5, 5.41) is 5.78. The van der Waals surface area contributed by atoms with Crippen molar-refractivity contribution in [3.63, 3.8) is 0 Å². The molecule has 3 rings (SSSR count). The van der Waals surface area contributed by atoms with Crippen LogP contribution in [-0.2, 0) is 0 Å². The molecule has 21 heavy (non-hydrogen) atoms. The summed E-state index contributed by atoms with van der Waals surface area (Å²) in [6.45, 7) is 4.36. The fourth-order valence-electron chi connectivity index (χ4n) is 2.59. The van der Waals surface area contributed by atoms with E-state index in [2.05, 4.69) is 55.6 Å². The van der Waals surface area contributed by atoms with Crippen LogP contribution in [0.5, 0.6) is 0 Å². The molecule has 1 N–H and O–H groups in total. The quantitative estimate of drug-likeness (QED) is 0.625. The first-order chi connectivity index (χ1) is 10.1. The molecule has 2 atom stereocenters. The number of benzene rings is 2. The van der Waals surface area contributed by atoms with E-state index in [9.17, 15) is 0 Å². The van der Waals surface area contributed by atoms with Gasteiger partial charge in [0.15, 0.2) is 0 Å². The van der Waals surface area contributed by atoms with Gasteiger partial charge in [0, 0.05) is 26.7 Å². The van der Waals surface area contributed by atoms with Crippen LogP contribution in [0.25, 0.3) is 10.1 Å². The number of rotatable bonds is 4. The molecule has 0 saturated heterocycles. The topological polar surface area (TPSA) is 12.0 Å². The normalized spacial score (nSPS) is 14.2. The molecule has 0 aliphatic rings. The second-order valence-electron chi connectivity index (χ2n) is 5.32. The van der Waals surface area contributed by atoms with Gasteiger partial charge in [-0.25, -0.2) is 0 Å². The molecule has 2 aromatic carbocycles. The Labute approximate surface area is 134 Å². The van der Waals surface area contributed by atoms with Gasteiger partial charge in [-0.3, -0.25) is 0 Å². The van der Waals surface area contributed by atoms with Crippen molar-refractivity contribution in [2.45, 2.75) is 25.9 Å². The van der Waals surface area contributed by atoms with Crippen LogP contribution < -0.4 is 5.32 Å². The molecule has 0 saturated carbocycles. The predicted octanol–water partition coefficient (Wildman–Crippen LogP) is 5.97. The third kappa shape index (κ3) is 3.13. The molecule has 3 heteroatoms. The van der Waals surface area contributed by atoms with E-state index in [4.69, 9.17) is 11.6 Å². The van der Waals surface area contributed by atoms with Gasteiger partial charge in [-0.05, 0) is 43.0 Å². The lowest BCUT2D eigenvalue weighted by molar-refractivity contribution is 0.500. The average Bonchev–Trinajstić information content (AvgIpc) is 2.91. The fourth-order valence-corrected chi connectivity index (χ4v) is 3.96. The maximum atomic E-state index is 6.28. The lowest BCUT2D eigenvalue weighted by Crippen LogP contribution is -2.22. The largest absolute Gasteiger partial charge is 0.303 e. The van der Waals surface area contributed by atoms with Crippen molar-refractivity contribution in [2.75, 3.05) is 0 Å². The van der Waals surface area contributed by atoms with Crippen LogP contribution in [0.3, 0.4) is 0 Å². The summed E-state index contributed by atoms with van der Waals surface area (Å²) in [5.41, 5.74) is 1.15. The van der Waals surface area contributed by atoms with Crippen molar-refractivity contribution in [3.8, 4) is 0 Å². The second kappa shape index (κ2) is 6.18. The average molecular weight is 316 g/mol. The first kappa shape index (κ1) is 14.6. The van der Waals surface area contributed by atoms with Gasteiger partial charge in [0.2, 0.25) is 0 Å². The SMILES string of the molecule is CC(N[C@@H](C)c1ccccc1Cl)c1cc2ccccc2s1. The lowest BCUT2D eigenvalue weighted by atomic mass is 10.1. The number of hydrogen-bond donors (Lipinski definition) is 1. The molecule has 0 radical (unpaired) electrons. The van der Waals surface area contributed by atoms with Crippen molar-refractivity contribution in [1.29, 1.82) is 0 Å². The minimum atomic E-state index is 0.221. The van der Waals surface area contributed by atoms with Gasteiger partial charge in [-0.1, -0.05) is 48.0 Å². The van der Waals surface area contributed by atoms with E-state index >= 15 is 0 Å². The first-order valence-corrected chi connectivity index (χ1v) is 8.33. The Morgan fingerprint density at radius 3 is 2.43 bits per heavy atom. The van der Waals surface area contributed by atoms with Crippen molar-refractivity contribution < 1.29 is 0 Å². The smallest absolute Gasteiger partial charge is 0.0453 e. The van der Waals surface area contributed by atoms with E-state index < -0.39 is 0 Å². The molecule has 1 heterocycles. The third-order valence-corrected chi connectivity index (χ3v) is 5.39. The number of halogens is 1. The van der Waals surface area contributed by atoms with Gasteiger partial charge in [0.1, 0.15) is 0 Å². The van der Waals surface area contributed by atoms with Crippen LogP contribution in [0, 0.1) is 0 Å². The van der Waals surface area contributed by atoms with Gasteiger partial charge in [-0.2, -0.15) is 0 Å². The molecule has 108 valence electrons. The standard InChI is InChI=1S/C18H18ClNS/c1-12(15-8-4-5-9-16(15)19)20-13(2)18-11-14-7-3-6-10-17(14)21-18/h3-13,20H,1-2H3/t12-,13?/m0/s1. The highest BCUT2D eigenvalue weighted by Gasteiger charge is 2.15. The number of hydrogen-bond acceptors (Lipinski definition) is 2. The van der Waals surface area contributed by atoms with Gasteiger partial charge in [0.25, 0.3) is 0 Å². The van der Waals surface area contributed by atoms with Crippen LogP contribution in [0.1, 0.15) is 36.4 Å². The molecule has 1 unspecified atom stereocenters. The van der Waals surface area contributed by atoms with Crippen LogP contribution in [0.15, 0.2) is 54.6 Å². The Hall–Kier alpha value is -1.35. The first-order valence-electron chi connectivity index (χ1n) is 7.14. The zero-order valence-corrected chi connectivity index (χ0v) is 13.7. The van der Waals surface area contributed by atoms with Crippen LogP contribution in [0.4, 0.5) is 0 Å². The van der Waals surface area contributed by atoms with Crippen molar-refractivity contribution in [1.82, 2.24) is 5.32 Å². The molecule has 0 bridgehead atoms. The summed E-state index contributed by atoms with van der Waals surface area (Å²) < 4.78 is 1.34. The molecule has 1 nitrogen and oxygen atoms in total. The monoisotopic (exact) mass is 315 g/mol. The van der Waals surface area contributed by atoms with E-state index in [0.29, 0.717) is 6.04 Å². The van der Waals surface area contributed by atoms with Gasteiger partial charge < -0.3 is 5.32 Å². The Kier molecular flexibility index (Phi) is 4.29. The van der Waals surface area contributed by atoms with Crippen molar-refractivity contribution >= 4 is 33.0 Å². The van der Waals surface area contributed by atoms with E-state index in [1.54, 1.807) is 0 Å². The van der Waals surface area contributed by atoms with Crippen molar-refractivity contribution in [3.05, 3.63) is 70.1 Å². The van der Waals surface area contributed by atoms with Crippen LogP contribution in [0.2, 0.25) is 5.02 Å². The summed E-state index contributed by atoms with van der Waals surface area (Å²) >= 11 is 8.13. The minimum Gasteiger partial charge on any atom is -0.303 e. The van der Waals surface area contributed by atoms with Crippen LogP contribution in [-0.4, -0.2) is 0 Å². The molecule has 0 amide bonds. The molecule has 0 fully saturated rings. The second-order valence-corrected chi connectivity index (χ2v) is 6.84. The van der Waals surface area contributed by atoms with E-state index in [1.165, 1.54) is 15.0 Å². The molecule has 1 aromatic heterocycles. The van der Waals surface area contributed by atoms with E-state index in [0.717, 1.165) is 10.6 Å². The fraction of sp³-hybridized carbons (Fsp3) is 0.222. The van der Waals surface area contributed by atoms with Gasteiger partial charge >= 0.3 is 0 Å². The summed E-state index contributed by atoms with van der Waals surface area (Å²) in [6, 6.07) is 19.3. The third-order valence-electron chi connectivity index (χ3n) is 3.74. The number of nitrogens with one attached hydrogen (secondary N) is 1. The summed E-state index contributed by atoms with van der Waals surface area (Å²) in [5.74, 6) is 0. The summed E-state index contributed by atoms with van der Waals surface area (Å²) in [4.78, 5) is 1.36. The molecule has 0 aliphatic heterocycles. The Morgan fingerprint density at radius 2 is 1.67 bits per heavy atom. The maximum Gasteiger partial charge on any atom is 0.0453 e. The predicted molar refractivity (Wildman–Crippen MR) is 93.2 cm³/mol. The van der Waals surface area contributed by atoms with Crippen molar-refractivity contribution in [2.24, 2.45) is 0 Å². The molecular weight excluding hydrogens is 298 g/mol. The highest BCUT2D eigenvalue weighted by molar-refractivity contribution is 7.19. The molecular formula is C18H18ClNS. The van der Waals surface area contributed by atoms with E-state index in [1.807, 2.05) is 29.5 Å². The van der Waals surface area contributed by atoms with E-state index in [-0.39, 0.29) is 6.04 Å².